The van der Waals surface area contributed by atoms with Gasteiger partial charge in [0, 0.05) is 61.7 Å². The van der Waals surface area contributed by atoms with E-state index < -0.39 is 0 Å². The number of benzene rings is 1. The predicted molar refractivity (Wildman–Crippen MR) is 107 cm³/mol. The summed E-state index contributed by atoms with van der Waals surface area (Å²) >= 11 is 0. The molecule has 5 heteroatoms. The lowest BCUT2D eigenvalue weighted by atomic mass is 9.73. The van der Waals surface area contributed by atoms with Crippen molar-refractivity contribution >= 4 is 16.8 Å². The van der Waals surface area contributed by atoms with E-state index in [1.165, 1.54) is 29.3 Å². The molecule has 2 saturated heterocycles. The van der Waals surface area contributed by atoms with Crippen LogP contribution in [0.25, 0.3) is 10.9 Å². The van der Waals surface area contributed by atoms with Gasteiger partial charge in [-0.05, 0) is 50.4 Å². The number of aromatic nitrogens is 1. The van der Waals surface area contributed by atoms with Gasteiger partial charge in [-0.1, -0.05) is 12.1 Å². The van der Waals surface area contributed by atoms with Crippen LogP contribution in [0.3, 0.4) is 0 Å². The number of aryl methyl sites for hydroxylation is 1. The Kier molecular flexibility index (Phi) is 5.24. The average Bonchev–Trinajstić information content (AvgIpc) is 3.10. The molecule has 2 aromatic rings. The highest BCUT2D eigenvalue weighted by atomic mass is 16.3. The molecule has 0 aliphatic carbocycles. The first-order valence-electron chi connectivity index (χ1n) is 10.3. The zero-order chi connectivity index (χ0) is 18.9. The first-order valence-corrected chi connectivity index (χ1v) is 10.3. The number of amides is 1. The van der Waals surface area contributed by atoms with Crippen LogP contribution in [0, 0.1) is 5.41 Å². The summed E-state index contributed by atoms with van der Waals surface area (Å²) in [5, 5.41) is 10.6. The van der Waals surface area contributed by atoms with Gasteiger partial charge >= 0.3 is 0 Å². The third-order valence-electron chi connectivity index (χ3n) is 6.50. The Balaban J connectivity index is 1.51. The van der Waals surface area contributed by atoms with Crippen LogP contribution in [-0.2, 0) is 17.9 Å². The minimum absolute atomic E-state index is 0.0575. The van der Waals surface area contributed by atoms with Gasteiger partial charge in [-0.2, -0.15) is 0 Å². The second kappa shape index (κ2) is 7.64. The summed E-state index contributed by atoms with van der Waals surface area (Å²) in [6, 6.07) is 8.88. The standard InChI is InChI=1S/C22H31N3O2/c1-2-24-12-8-19-18(5-3-6-20(19)24)15-23-11-4-9-22(16-23)10-7-21(27)25(17-22)13-14-26/h3,5-6,8,12,26H,2,4,7,9-11,13-17H2,1H3. The van der Waals surface area contributed by atoms with Crippen molar-refractivity contribution in [3.8, 4) is 0 Å². The summed E-state index contributed by atoms with van der Waals surface area (Å²) in [6.45, 7) is 7.66. The molecule has 1 amide bonds. The van der Waals surface area contributed by atoms with Crippen molar-refractivity contribution in [3.05, 3.63) is 36.0 Å². The number of fused-ring (bicyclic) bond motifs is 1. The Morgan fingerprint density at radius 3 is 2.89 bits per heavy atom. The summed E-state index contributed by atoms with van der Waals surface area (Å²) in [6.07, 6.45) is 6.18. The summed E-state index contributed by atoms with van der Waals surface area (Å²) in [4.78, 5) is 16.6. The van der Waals surface area contributed by atoms with E-state index in [2.05, 4.69) is 46.9 Å². The van der Waals surface area contributed by atoms with Gasteiger partial charge < -0.3 is 14.6 Å². The molecule has 1 aromatic heterocycles. The Labute approximate surface area is 161 Å². The van der Waals surface area contributed by atoms with Crippen molar-refractivity contribution in [2.75, 3.05) is 32.8 Å². The van der Waals surface area contributed by atoms with Gasteiger partial charge in [0.2, 0.25) is 5.91 Å². The van der Waals surface area contributed by atoms with Crippen molar-refractivity contribution in [2.45, 2.75) is 45.7 Å². The molecule has 2 aliphatic heterocycles. The van der Waals surface area contributed by atoms with Crippen molar-refractivity contribution in [3.63, 3.8) is 0 Å². The van der Waals surface area contributed by atoms with Gasteiger partial charge in [0.25, 0.3) is 0 Å². The zero-order valence-corrected chi connectivity index (χ0v) is 16.4. The molecule has 1 spiro atoms. The fourth-order valence-electron chi connectivity index (χ4n) is 5.15. The minimum atomic E-state index is 0.0575. The van der Waals surface area contributed by atoms with Crippen LogP contribution >= 0.6 is 0 Å². The summed E-state index contributed by atoms with van der Waals surface area (Å²) in [5.74, 6) is 0.206. The molecule has 0 bridgehead atoms. The summed E-state index contributed by atoms with van der Waals surface area (Å²) in [5.41, 5.74) is 2.92. The molecule has 27 heavy (non-hydrogen) atoms. The molecule has 1 atom stereocenters. The number of aliphatic hydroxyl groups is 1. The Morgan fingerprint density at radius 2 is 2.07 bits per heavy atom. The fourth-order valence-corrected chi connectivity index (χ4v) is 5.15. The summed E-state index contributed by atoms with van der Waals surface area (Å²) < 4.78 is 2.30. The van der Waals surface area contributed by atoms with E-state index in [0.29, 0.717) is 13.0 Å². The first kappa shape index (κ1) is 18.5. The van der Waals surface area contributed by atoms with Crippen molar-refractivity contribution in [2.24, 2.45) is 5.41 Å². The smallest absolute Gasteiger partial charge is 0.222 e. The SMILES string of the molecule is CCn1ccc2c(CN3CCCC4(CCC(=O)N(CCO)C4)C3)cccc21. The van der Waals surface area contributed by atoms with Gasteiger partial charge in [-0.3, -0.25) is 9.69 Å². The van der Waals surface area contributed by atoms with Crippen LogP contribution in [-0.4, -0.2) is 58.2 Å². The minimum Gasteiger partial charge on any atom is -0.395 e. The maximum atomic E-state index is 12.2. The third kappa shape index (κ3) is 3.63. The molecule has 0 radical (unpaired) electrons. The number of hydrogen-bond donors (Lipinski definition) is 1. The van der Waals surface area contributed by atoms with Gasteiger partial charge in [0.05, 0.1) is 6.61 Å². The van der Waals surface area contributed by atoms with E-state index >= 15 is 0 Å². The molecule has 5 nitrogen and oxygen atoms in total. The molecule has 4 rings (SSSR count). The lowest BCUT2D eigenvalue weighted by Crippen LogP contribution is -2.54. The van der Waals surface area contributed by atoms with Crippen molar-refractivity contribution in [1.82, 2.24) is 14.4 Å². The van der Waals surface area contributed by atoms with Crippen LogP contribution < -0.4 is 0 Å². The van der Waals surface area contributed by atoms with Crippen LogP contribution in [0.5, 0.6) is 0 Å². The molecular formula is C22H31N3O2. The van der Waals surface area contributed by atoms with Gasteiger partial charge in [-0.25, -0.2) is 0 Å². The molecule has 2 aliphatic rings. The lowest BCUT2D eigenvalue weighted by Gasteiger charge is -2.48. The zero-order valence-electron chi connectivity index (χ0n) is 16.4. The van der Waals surface area contributed by atoms with E-state index in [9.17, 15) is 9.90 Å². The normalized spacial score (nSPS) is 24.2. The average molecular weight is 370 g/mol. The molecule has 1 aromatic carbocycles. The fraction of sp³-hybridized carbons (Fsp3) is 0.591. The Bertz CT molecular complexity index is 815. The van der Waals surface area contributed by atoms with Crippen molar-refractivity contribution < 1.29 is 9.90 Å². The Morgan fingerprint density at radius 1 is 1.19 bits per heavy atom. The molecule has 3 heterocycles. The number of likely N-dealkylation sites (tertiary alicyclic amines) is 2. The lowest BCUT2D eigenvalue weighted by molar-refractivity contribution is -0.140. The third-order valence-corrected chi connectivity index (χ3v) is 6.50. The second-order valence-electron chi connectivity index (χ2n) is 8.30. The molecule has 146 valence electrons. The highest BCUT2D eigenvalue weighted by Crippen LogP contribution is 2.39. The van der Waals surface area contributed by atoms with Crippen LogP contribution in [0.4, 0.5) is 0 Å². The Hall–Kier alpha value is -1.85. The molecule has 2 fully saturated rings. The summed E-state index contributed by atoms with van der Waals surface area (Å²) in [7, 11) is 0. The number of rotatable bonds is 5. The molecular weight excluding hydrogens is 338 g/mol. The maximum absolute atomic E-state index is 12.2. The number of aliphatic hydroxyl groups excluding tert-OH is 1. The van der Waals surface area contributed by atoms with Gasteiger partial charge in [-0.15, -0.1) is 0 Å². The topological polar surface area (TPSA) is 48.7 Å². The number of piperidine rings is 2. The highest BCUT2D eigenvalue weighted by Gasteiger charge is 2.41. The van der Waals surface area contributed by atoms with Crippen LogP contribution in [0.2, 0.25) is 0 Å². The van der Waals surface area contributed by atoms with E-state index in [-0.39, 0.29) is 17.9 Å². The number of carbonyl (C=O) groups is 1. The molecule has 1 N–H and O–H groups in total. The monoisotopic (exact) mass is 369 g/mol. The van der Waals surface area contributed by atoms with Crippen LogP contribution in [0.15, 0.2) is 30.5 Å². The molecule has 1 unspecified atom stereocenters. The van der Waals surface area contributed by atoms with Crippen LogP contribution in [0.1, 0.15) is 38.2 Å². The number of hydrogen-bond acceptors (Lipinski definition) is 3. The first-order chi connectivity index (χ1) is 13.1. The second-order valence-corrected chi connectivity index (χ2v) is 8.30. The highest BCUT2D eigenvalue weighted by molar-refractivity contribution is 5.83. The van der Waals surface area contributed by atoms with Gasteiger partial charge in [0.1, 0.15) is 0 Å². The van der Waals surface area contributed by atoms with E-state index in [0.717, 1.165) is 39.1 Å². The van der Waals surface area contributed by atoms with E-state index in [1.54, 1.807) is 0 Å². The predicted octanol–water partition coefficient (Wildman–Crippen LogP) is 2.86. The number of carbonyl (C=O) groups excluding carboxylic acids is 1. The quantitative estimate of drug-likeness (QED) is 0.882. The van der Waals surface area contributed by atoms with E-state index in [4.69, 9.17) is 0 Å². The number of nitrogens with zero attached hydrogens (tertiary/aromatic N) is 3. The largest absolute Gasteiger partial charge is 0.395 e. The number of β-amino-alcohol motifs (C(OH)–C–C–N with tert-alkyl or cyclic N) is 1. The van der Waals surface area contributed by atoms with Gasteiger partial charge in [0.15, 0.2) is 0 Å². The van der Waals surface area contributed by atoms with Crippen molar-refractivity contribution in [1.29, 1.82) is 0 Å². The van der Waals surface area contributed by atoms with E-state index in [1.807, 2.05) is 4.90 Å². The molecule has 0 saturated carbocycles. The maximum Gasteiger partial charge on any atom is 0.222 e.